The minimum atomic E-state index is 0.219. The molecule has 3 heteroatoms. The van der Waals surface area contributed by atoms with Gasteiger partial charge in [-0.25, -0.2) is 0 Å². The van der Waals surface area contributed by atoms with E-state index in [9.17, 15) is 5.11 Å². The van der Waals surface area contributed by atoms with Crippen molar-refractivity contribution in [3.63, 3.8) is 0 Å². The van der Waals surface area contributed by atoms with Crippen LogP contribution in [0.3, 0.4) is 0 Å². The molecule has 0 unspecified atom stereocenters. The first-order valence-corrected chi connectivity index (χ1v) is 8.01. The van der Waals surface area contributed by atoms with Crippen LogP contribution in [0.25, 0.3) is 0 Å². The Balaban J connectivity index is 1.96. The molecule has 0 aliphatic carbocycles. The summed E-state index contributed by atoms with van der Waals surface area (Å²) >= 11 is 0. The molecular weight excluding hydrogens is 274 g/mol. The number of para-hydroxylation sites is 1. The summed E-state index contributed by atoms with van der Waals surface area (Å²) in [5.74, 6) is 0.758. The molecule has 2 aromatic rings. The molecule has 0 radical (unpaired) electrons. The minimum absolute atomic E-state index is 0.219. The predicted octanol–water partition coefficient (Wildman–Crippen LogP) is 4.75. The molecule has 0 aliphatic rings. The zero-order chi connectivity index (χ0) is 15.8. The Morgan fingerprint density at radius 2 is 1.82 bits per heavy atom. The molecule has 0 fully saturated rings. The lowest BCUT2D eigenvalue weighted by Gasteiger charge is -2.12. The Hall–Kier alpha value is -2.16. The van der Waals surface area contributed by atoms with Crippen LogP contribution in [0, 0.1) is 0 Å². The monoisotopic (exact) mass is 299 g/mol. The van der Waals surface area contributed by atoms with E-state index in [1.807, 2.05) is 19.1 Å². The maximum atomic E-state index is 10.2. The Labute approximate surface area is 133 Å². The third-order valence-electron chi connectivity index (χ3n) is 3.64. The number of aromatic hydroxyl groups is 1. The van der Waals surface area contributed by atoms with Gasteiger partial charge >= 0.3 is 0 Å². The van der Waals surface area contributed by atoms with Gasteiger partial charge in [0.2, 0.25) is 0 Å². The van der Waals surface area contributed by atoms with Gasteiger partial charge in [-0.05, 0) is 43.5 Å². The van der Waals surface area contributed by atoms with Crippen molar-refractivity contribution < 1.29 is 9.84 Å². The second-order valence-corrected chi connectivity index (χ2v) is 5.35. The lowest BCUT2D eigenvalue weighted by Crippen LogP contribution is -2.01. The summed E-state index contributed by atoms with van der Waals surface area (Å²) in [6, 6.07) is 14.1. The van der Waals surface area contributed by atoms with Crippen molar-refractivity contribution in [3.05, 3.63) is 53.6 Å². The smallest absolute Gasteiger partial charge is 0.162 e. The number of anilines is 1. The lowest BCUT2D eigenvalue weighted by atomic mass is 10.1. The van der Waals surface area contributed by atoms with E-state index in [0.29, 0.717) is 18.9 Å². The second kappa shape index (κ2) is 8.32. The summed E-state index contributed by atoms with van der Waals surface area (Å²) in [5, 5.41) is 13.5. The lowest BCUT2D eigenvalue weighted by molar-refractivity contribution is 0.317. The summed E-state index contributed by atoms with van der Waals surface area (Å²) in [7, 11) is 0. The maximum absolute atomic E-state index is 10.2. The first kappa shape index (κ1) is 16.2. The first-order valence-electron chi connectivity index (χ1n) is 8.01. The van der Waals surface area contributed by atoms with Gasteiger partial charge in [0.25, 0.3) is 0 Å². The van der Waals surface area contributed by atoms with E-state index in [1.54, 1.807) is 6.07 Å². The summed E-state index contributed by atoms with van der Waals surface area (Å²) in [6.45, 7) is 5.23. The summed E-state index contributed by atoms with van der Waals surface area (Å²) in [6.07, 6.45) is 3.58. The van der Waals surface area contributed by atoms with Gasteiger partial charge in [0.1, 0.15) is 0 Å². The molecule has 118 valence electrons. The van der Waals surface area contributed by atoms with Crippen molar-refractivity contribution in [2.24, 2.45) is 0 Å². The summed E-state index contributed by atoms with van der Waals surface area (Å²) in [4.78, 5) is 0. The molecule has 0 saturated carbocycles. The Bertz CT molecular complexity index is 578. The van der Waals surface area contributed by atoms with E-state index < -0.39 is 0 Å². The molecule has 2 aromatic carbocycles. The number of phenolic OH excluding ortho intramolecular Hbond substituents is 1. The third kappa shape index (κ3) is 4.42. The van der Waals surface area contributed by atoms with Gasteiger partial charge in [0.15, 0.2) is 11.5 Å². The van der Waals surface area contributed by atoms with Crippen LogP contribution in [0.5, 0.6) is 11.5 Å². The van der Waals surface area contributed by atoms with Crippen LogP contribution in [-0.2, 0) is 13.0 Å². The molecule has 0 aromatic heterocycles. The molecule has 0 amide bonds. The molecule has 3 nitrogen and oxygen atoms in total. The van der Waals surface area contributed by atoms with Crippen LogP contribution in [0.15, 0.2) is 42.5 Å². The average molecular weight is 299 g/mol. The number of nitrogens with one attached hydrogen (secondary N) is 1. The van der Waals surface area contributed by atoms with Crippen molar-refractivity contribution >= 4 is 5.69 Å². The number of hydrogen-bond acceptors (Lipinski definition) is 3. The third-order valence-corrected chi connectivity index (χ3v) is 3.64. The summed E-state index contributed by atoms with van der Waals surface area (Å²) in [5.41, 5.74) is 3.26. The molecule has 2 N–H and O–H groups in total. The minimum Gasteiger partial charge on any atom is -0.504 e. The summed E-state index contributed by atoms with van der Waals surface area (Å²) < 4.78 is 5.40. The van der Waals surface area contributed by atoms with Gasteiger partial charge < -0.3 is 15.2 Å². The van der Waals surface area contributed by atoms with Crippen LogP contribution >= 0.6 is 0 Å². The molecule has 22 heavy (non-hydrogen) atoms. The molecule has 0 spiro atoms. The van der Waals surface area contributed by atoms with E-state index in [1.165, 1.54) is 18.4 Å². The standard InChI is InChI=1S/C19H25NO2/c1-3-5-7-15-10-12-17(13-11-15)20-14-16-8-6-9-18(19(16)21)22-4-2/h6,8-13,20-21H,3-5,7,14H2,1-2H3. The predicted molar refractivity (Wildman–Crippen MR) is 91.7 cm³/mol. The van der Waals surface area contributed by atoms with Gasteiger partial charge in [-0.15, -0.1) is 0 Å². The SMILES string of the molecule is CCCCc1ccc(NCc2cccc(OCC)c2O)cc1. The highest BCUT2D eigenvalue weighted by molar-refractivity contribution is 5.49. The van der Waals surface area contributed by atoms with Crippen molar-refractivity contribution in [2.45, 2.75) is 39.7 Å². The number of phenols is 1. The van der Waals surface area contributed by atoms with E-state index in [0.717, 1.165) is 17.7 Å². The maximum Gasteiger partial charge on any atom is 0.162 e. The quantitative estimate of drug-likeness (QED) is 0.739. The highest BCUT2D eigenvalue weighted by Crippen LogP contribution is 2.30. The largest absolute Gasteiger partial charge is 0.504 e. The Morgan fingerprint density at radius 1 is 1.05 bits per heavy atom. The van der Waals surface area contributed by atoms with Crippen LogP contribution in [0.4, 0.5) is 5.69 Å². The zero-order valence-electron chi connectivity index (χ0n) is 13.4. The van der Waals surface area contributed by atoms with Crippen molar-refractivity contribution in [3.8, 4) is 11.5 Å². The Morgan fingerprint density at radius 3 is 2.50 bits per heavy atom. The molecule has 0 atom stereocenters. The molecule has 0 heterocycles. The number of ether oxygens (including phenoxy) is 1. The van der Waals surface area contributed by atoms with Gasteiger partial charge in [0, 0.05) is 17.8 Å². The van der Waals surface area contributed by atoms with Crippen molar-refractivity contribution in [2.75, 3.05) is 11.9 Å². The van der Waals surface area contributed by atoms with Gasteiger partial charge in [-0.2, -0.15) is 0 Å². The molecular formula is C19H25NO2. The van der Waals surface area contributed by atoms with Gasteiger partial charge in [0.05, 0.1) is 6.61 Å². The highest BCUT2D eigenvalue weighted by Gasteiger charge is 2.07. The fourth-order valence-corrected chi connectivity index (χ4v) is 2.35. The highest BCUT2D eigenvalue weighted by atomic mass is 16.5. The normalized spacial score (nSPS) is 10.5. The number of hydrogen-bond donors (Lipinski definition) is 2. The van der Waals surface area contributed by atoms with Crippen LogP contribution in [0.2, 0.25) is 0 Å². The van der Waals surface area contributed by atoms with E-state index in [4.69, 9.17) is 4.74 Å². The van der Waals surface area contributed by atoms with E-state index in [-0.39, 0.29) is 5.75 Å². The number of unbranched alkanes of at least 4 members (excludes halogenated alkanes) is 1. The van der Waals surface area contributed by atoms with Crippen molar-refractivity contribution in [1.29, 1.82) is 0 Å². The van der Waals surface area contributed by atoms with Crippen molar-refractivity contribution in [1.82, 2.24) is 0 Å². The fourth-order valence-electron chi connectivity index (χ4n) is 2.35. The van der Waals surface area contributed by atoms with E-state index in [2.05, 4.69) is 36.5 Å². The first-order chi connectivity index (χ1) is 10.7. The zero-order valence-corrected chi connectivity index (χ0v) is 13.4. The average Bonchev–Trinajstić information content (AvgIpc) is 2.55. The topological polar surface area (TPSA) is 41.5 Å². The van der Waals surface area contributed by atoms with Gasteiger partial charge in [-0.3, -0.25) is 0 Å². The molecule has 0 aliphatic heterocycles. The number of aryl methyl sites for hydroxylation is 1. The molecule has 0 bridgehead atoms. The molecule has 2 rings (SSSR count). The van der Waals surface area contributed by atoms with Gasteiger partial charge in [-0.1, -0.05) is 37.6 Å². The van der Waals surface area contributed by atoms with Crippen LogP contribution < -0.4 is 10.1 Å². The van der Waals surface area contributed by atoms with E-state index >= 15 is 0 Å². The molecule has 0 saturated heterocycles. The second-order valence-electron chi connectivity index (χ2n) is 5.35. The van der Waals surface area contributed by atoms with Crippen LogP contribution in [-0.4, -0.2) is 11.7 Å². The van der Waals surface area contributed by atoms with Crippen LogP contribution in [0.1, 0.15) is 37.8 Å². The fraction of sp³-hybridized carbons (Fsp3) is 0.368. The Kier molecular flexibility index (Phi) is 6.13. The number of benzene rings is 2. The number of rotatable bonds is 8.